The summed E-state index contributed by atoms with van der Waals surface area (Å²) in [5, 5.41) is 2.29. The average molecular weight is 315 g/mol. The van der Waals surface area contributed by atoms with Gasteiger partial charge in [0.25, 0.3) is 0 Å². The Labute approximate surface area is 119 Å². The maximum absolute atomic E-state index is 5.76. The van der Waals surface area contributed by atoms with Gasteiger partial charge >= 0.3 is 0 Å². The molecule has 4 heteroatoms. The fourth-order valence-corrected chi connectivity index (χ4v) is 2.24. The van der Waals surface area contributed by atoms with Gasteiger partial charge in [0.1, 0.15) is 5.75 Å². The van der Waals surface area contributed by atoms with Crippen LogP contribution in [0.2, 0.25) is 0 Å². The molecule has 0 N–H and O–H groups in total. The summed E-state index contributed by atoms with van der Waals surface area (Å²) in [6.07, 6.45) is 3.28. The minimum absolute atomic E-state index is 0.541. The number of aromatic nitrogens is 2. The molecule has 94 valence electrons. The van der Waals surface area contributed by atoms with Crippen LogP contribution in [0.3, 0.4) is 0 Å². The average Bonchev–Trinajstić information content (AvgIpc) is 2.41. The summed E-state index contributed by atoms with van der Waals surface area (Å²) < 4.78 is 6.83. The van der Waals surface area contributed by atoms with Crippen molar-refractivity contribution in [2.24, 2.45) is 0 Å². The van der Waals surface area contributed by atoms with E-state index in [4.69, 9.17) is 4.74 Å². The first-order valence-corrected chi connectivity index (χ1v) is 6.66. The Hall–Kier alpha value is -1.94. The van der Waals surface area contributed by atoms with Crippen LogP contribution in [0.15, 0.2) is 53.3 Å². The lowest BCUT2D eigenvalue weighted by Gasteiger charge is -2.07. The van der Waals surface area contributed by atoms with Gasteiger partial charge in [-0.3, -0.25) is 4.98 Å². The van der Waals surface area contributed by atoms with Gasteiger partial charge in [-0.25, -0.2) is 4.98 Å². The number of hydrogen-bond donors (Lipinski definition) is 0. The van der Waals surface area contributed by atoms with Gasteiger partial charge in [0, 0.05) is 16.9 Å². The molecular formula is C15H11BrN2O. The Morgan fingerprint density at radius 3 is 2.53 bits per heavy atom. The van der Waals surface area contributed by atoms with Crippen LogP contribution in [0, 0.1) is 6.92 Å². The van der Waals surface area contributed by atoms with Crippen LogP contribution < -0.4 is 4.74 Å². The van der Waals surface area contributed by atoms with E-state index in [0.717, 1.165) is 26.7 Å². The van der Waals surface area contributed by atoms with E-state index in [1.54, 1.807) is 12.4 Å². The zero-order valence-corrected chi connectivity index (χ0v) is 11.9. The smallest absolute Gasteiger partial charge is 0.240 e. The minimum Gasteiger partial charge on any atom is -0.437 e. The first-order valence-electron chi connectivity index (χ1n) is 5.87. The summed E-state index contributed by atoms with van der Waals surface area (Å²) in [6, 6.07) is 12.1. The second-order valence-corrected chi connectivity index (χ2v) is 5.12. The predicted molar refractivity (Wildman–Crippen MR) is 78.5 cm³/mol. The Balaban J connectivity index is 1.98. The normalized spacial score (nSPS) is 10.6. The Kier molecular flexibility index (Phi) is 3.17. The lowest BCUT2D eigenvalue weighted by molar-refractivity contribution is 0.456. The predicted octanol–water partition coefficient (Wildman–Crippen LogP) is 4.49. The van der Waals surface area contributed by atoms with Crippen LogP contribution in [0.25, 0.3) is 10.8 Å². The fourth-order valence-electron chi connectivity index (χ4n) is 1.86. The van der Waals surface area contributed by atoms with Crippen molar-refractivity contribution in [1.82, 2.24) is 9.97 Å². The molecule has 0 aliphatic rings. The molecule has 1 aromatic heterocycles. The standard InChI is InChI=1S/C15H11BrN2O/c1-10-15(18-7-6-17-10)19-14-5-3-11-8-13(16)4-2-12(11)9-14/h2-9H,1H3. The molecule has 1 heterocycles. The maximum Gasteiger partial charge on any atom is 0.240 e. The highest BCUT2D eigenvalue weighted by Gasteiger charge is 2.04. The van der Waals surface area contributed by atoms with Crippen LogP contribution in [0.1, 0.15) is 5.69 Å². The summed E-state index contributed by atoms with van der Waals surface area (Å²) in [5.41, 5.74) is 0.776. The van der Waals surface area contributed by atoms with Crippen molar-refractivity contribution in [3.8, 4) is 11.6 Å². The van der Waals surface area contributed by atoms with Gasteiger partial charge in [-0.2, -0.15) is 0 Å². The van der Waals surface area contributed by atoms with Crippen molar-refractivity contribution in [2.45, 2.75) is 6.92 Å². The molecule has 0 aliphatic heterocycles. The Morgan fingerprint density at radius 2 is 1.68 bits per heavy atom. The summed E-state index contributed by atoms with van der Waals surface area (Å²) >= 11 is 3.46. The van der Waals surface area contributed by atoms with Gasteiger partial charge in [-0.15, -0.1) is 0 Å². The van der Waals surface area contributed by atoms with E-state index in [1.807, 2.05) is 31.2 Å². The molecule has 0 bridgehead atoms. The quantitative estimate of drug-likeness (QED) is 0.699. The van der Waals surface area contributed by atoms with E-state index in [-0.39, 0.29) is 0 Å². The lowest BCUT2D eigenvalue weighted by atomic mass is 10.1. The van der Waals surface area contributed by atoms with E-state index in [1.165, 1.54) is 0 Å². The summed E-state index contributed by atoms with van der Waals surface area (Å²) in [4.78, 5) is 8.33. The van der Waals surface area contributed by atoms with Crippen molar-refractivity contribution in [2.75, 3.05) is 0 Å². The van der Waals surface area contributed by atoms with Crippen LogP contribution >= 0.6 is 15.9 Å². The number of rotatable bonds is 2. The van der Waals surface area contributed by atoms with Crippen molar-refractivity contribution in [3.63, 3.8) is 0 Å². The molecule has 0 radical (unpaired) electrons. The van der Waals surface area contributed by atoms with Crippen LogP contribution in [0.4, 0.5) is 0 Å². The summed E-state index contributed by atoms with van der Waals surface area (Å²) in [6.45, 7) is 1.88. The molecule has 19 heavy (non-hydrogen) atoms. The molecule has 0 spiro atoms. The molecule has 0 fully saturated rings. The van der Waals surface area contributed by atoms with E-state index >= 15 is 0 Å². The molecule has 3 nitrogen and oxygen atoms in total. The number of aryl methyl sites for hydroxylation is 1. The highest BCUT2D eigenvalue weighted by atomic mass is 79.9. The van der Waals surface area contributed by atoms with Crippen LogP contribution in [0.5, 0.6) is 11.6 Å². The molecule has 3 rings (SSSR count). The van der Waals surface area contributed by atoms with Crippen LogP contribution in [-0.2, 0) is 0 Å². The molecule has 0 unspecified atom stereocenters. The topological polar surface area (TPSA) is 35.0 Å². The number of ether oxygens (including phenoxy) is 1. The Bertz CT molecular complexity index is 743. The molecular weight excluding hydrogens is 304 g/mol. The van der Waals surface area contributed by atoms with E-state index < -0.39 is 0 Å². The Morgan fingerprint density at radius 1 is 0.947 bits per heavy atom. The zero-order valence-electron chi connectivity index (χ0n) is 10.3. The van der Waals surface area contributed by atoms with Gasteiger partial charge in [-0.05, 0) is 42.0 Å². The molecule has 2 aromatic carbocycles. The van der Waals surface area contributed by atoms with Gasteiger partial charge in [0.05, 0.1) is 5.69 Å². The van der Waals surface area contributed by atoms with Crippen molar-refractivity contribution in [3.05, 3.63) is 59.0 Å². The number of fused-ring (bicyclic) bond motifs is 1. The highest BCUT2D eigenvalue weighted by Crippen LogP contribution is 2.27. The fraction of sp³-hybridized carbons (Fsp3) is 0.0667. The zero-order chi connectivity index (χ0) is 13.2. The molecule has 3 aromatic rings. The second kappa shape index (κ2) is 4.97. The van der Waals surface area contributed by atoms with Crippen LogP contribution in [-0.4, -0.2) is 9.97 Å². The molecule has 0 aliphatic carbocycles. The number of nitrogens with zero attached hydrogens (tertiary/aromatic N) is 2. The highest BCUT2D eigenvalue weighted by molar-refractivity contribution is 9.10. The monoisotopic (exact) mass is 314 g/mol. The largest absolute Gasteiger partial charge is 0.437 e. The SMILES string of the molecule is Cc1nccnc1Oc1ccc2cc(Br)ccc2c1. The third-order valence-electron chi connectivity index (χ3n) is 2.82. The first-order chi connectivity index (χ1) is 9.22. The number of benzene rings is 2. The van der Waals surface area contributed by atoms with E-state index in [0.29, 0.717) is 5.88 Å². The number of halogens is 1. The lowest BCUT2D eigenvalue weighted by Crippen LogP contribution is -1.92. The van der Waals surface area contributed by atoms with Gasteiger partial charge in [-0.1, -0.05) is 28.1 Å². The summed E-state index contributed by atoms with van der Waals surface area (Å²) in [7, 11) is 0. The molecule has 0 atom stereocenters. The second-order valence-electron chi connectivity index (χ2n) is 4.20. The number of hydrogen-bond acceptors (Lipinski definition) is 3. The maximum atomic E-state index is 5.76. The van der Waals surface area contributed by atoms with Gasteiger partial charge < -0.3 is 4.74 Å². The molecule has 0 amide bonds. The van der Waals surface area contributed by atoms with E-state index in [2.05, 4.69) is 38.0 Å². The molecule has 0 saturated carbocycles. The van der Waals surface area contributed by atoms with Gasteiger partial charge in [0.2, 0.25) is 5.88 Å². The first kappa shape index (κ1) is 12.1. The molecule has 0 saturated heterocycles. The van der Waals surface area contributed by atoms with Crippen molar-refractivity contribution in [1.29, 1.82) is 0 Å². The van der Waals surface area contributed by atoms with Gasteiger partial charge in [0.15, 0.2) is 0 Å². The van der Waals surface area contributed by atoms with Crippen molar-refractivity contribution >= 4 is 26.7 Å². The third kappa shape index (κ3) is 2.58. The van der Waals surface area contributed by atoms with Crippen molar-refractivity contribution < 1.29 is 4.74 Å². The minimum atomic E-state index is 0.541. The summed E-state index contributed by atoms with van der Waals surface area (Å²) in [5.74, 6) is 1.30. The van der Waals surface area contributed by atoms with E-state index in [9.17, 15) is 0 Å². The third-order valence-corrected chi connectivity index (χ3v) is 3.32.